The first-order chi connectivity index (χ1) is 24.6. The molecule has 14 heteroatoms. The molecule has 1 saturated heterocycles. The minimum Gasteiger partial charge on any atom is -0.411 e. The van der Waals surface area contributed by atoms with E-state index < -0.39 is 39.6 Å². The summed E-state index contributed by atoms with van der Waals surface area (Å²) in [4.78, 5) is 35.0. The maximum absolute atomic E-state index is 13.9. The number of rotatable bonds is 17. The first-order valence-corrected chi connectivity index (χ1v) is 19.0. The van der Waals surface area contributed by atoms with E-state index in [1.54, 1.807) is 30.0 Å². The van der Waals surface area contributed by atoms with E-state index in [-0.39, 0.29) is 43.0 Å². The second-order valence-electron chi connectivity index (χ2n) is 14.6. The van der Waals surface area contributed by atoms with Crippen LogP contribution in [0.3, 0.4) is 0 Å². The Kier molecular flexibility index (Phi) is 13.9. The number of hydrogen-bond donors (Lipinski definition) is 4. The van der Waals surface area contributed by atoms with E-state index in [0.29, 0.717) is 36.5 Å². The number of carbonyl (C=O) groups is 2. The molecule has 4 atom stereocenters. The van der Waals surface area contributed by atoms with Crippen LogP contribution in [0.5, 0.6) is 0 Å². The number of nitrogens with one attached hydrogen (secondary N) is 1. The van der Waals surface area contributed by atoms with Crippen LogP contribution in [0, 0.1) is 11.3 Å². The molecule has 3 amide bonds. The predicted molar refractivity (Wildman–Crippen MR) is 198 cm³/mol. The van der Waals surface area contributed by atoms with Crippen LogP contribution in [0.15, 0.2) is 82.8 Å². The van der Waals surface area contributed by atoms with E-state index in [1.165, 1.54) is 39.7 Å². The highest BCUT2D eigenvalue weighted by Crippen LogP contribution is 2.29. The number of benzene rings is 2. The van der Waals surface area contributed by atoms with Crippen LogP contribution < -0.4 is 5.32 Å². The van der Waals surface area contributed by atoms with Crippen LogP contribution in [-0.2, 0) is 27.8 Å². The summed E-state index contributed by atoms with van der Waals surface area (Å²) in [6.45, 7) is 9.71. The van der Waals surface area contributed by atoms with Gasteiger partial charge in [-0.05, 0) is 66.5 Å². The molecule has 0 spiro atoms. The third-order valence-corrected chi connectivity index (χ3v) is 10.9. The fourth-order valence-electron chi connectivity index (χ4n) is 6.33. The number of oxime groups is 1. The summed E-state index contributed by atoms with van der Waals surface area (Å²) in [5.74, 6) is -0.514. The molecular weight excluding hydrogens is 685 g/mol. The van der Waals surface area contributed by atoms with Crippen LogP contribution in [-0.4, -0.2) is 106 Å². The lowest BCUT2D eigenvalue weighted by atomic mass is 9.85. The highest BCUT2D eigenvalue weighted by molar-refractivity contribution is 7.89. The van der Waals surface area contributed by atoms with Crippen molar-refractivity contribution in [3.05, 3.63) is 95.3 Å². The molecule has 2 unspecified atom stereocenters. The molecule has 0 saturated carbocycles. The molecular formula is C38H52N6O7S. The standard InChI is InChI=1S/C38H52N6O7S/c1-27(14-15-29-10-7-6-8-11-29)24-43(52(50,51)33-18-16-30(17-19-33)22-40-49)26-32(46)23-39-36(47)35(38(3,4)5)44-21-20-42(37(44)48)25-31-12-9-13-34(41-31)28(2)45/h6-13,16-19,22,27-28,32,35,45-46,49H,14-15,20-21,23-26H2,1-5H3,(H,39,47)/b40-22+/t27?,28-,32?,35-/m0/s1. The van der Waals surface area contributed by atoms with Crippen LogP contribution in [0.1, 0.15) is 69.7 Å². The van der Waals surface area contributed by atoms with Gasteiger partial charge in [0.15, 0.2) is 0 Å². The van der Waals surface area contributed by atoms with Crippen molar-refractivity contribution in [3.8, 4) is 0 Å². The number of carbonyl (C=O) groups excluding carboxylic acids is 2. The molecule has 1 aliphatic heterocycles. The monoisotopic (exact) mass is 736 g/mol. The Bertz CT molecular complexity index is 1760. The fraction of sp³-hybridized carbons (Fsp3) is 0.474. The second-order valence-corrected chi connectivity index (χ2v) is 16.5. The van der Waals surface area contributed by atoms with Crippen molar-refractivity contribution in [2.75, 3.05) is 32.7 Å². The highest BCUT2D eigenvalue weighted by atomic mass is 32.2. The number of sulfonamides is 1. The second kappa shape index (κ2) is 17.9. The number of aliphatic hydroxyl groups is 2. The van der Waals surface area contributed by atoms with Crippen LogP contribution >= 0.6 is 0 Å². The Morgan fingerprint density at radius 1 is 1.00 bits per heavy atom. The summed E-state index contributed by atoms with van der Waals surface area (Å²) in [6.07, 6.45) is 0.670. The third-order valence-electron chi connectivity index (χ3n) is 9.05. The van der Waals surface area contributed by atoms with Gasteiger partial charge < -0.3 is 30.5 Å². The number of amides is 3. The number of hydrogen-bond acceptors (Lipinski definition) is 9. The molecule has 0 bridgehead atoms. The van der Waals surface area contributed by atoms with Crippen molar-refractivity contribution in [2.45, 2.75) is 77.2 Å². The summed E-state index contributed by atoms with van der Waals surface area (Å²) >= 11 is 0. The number of urea groups is 1. The normalized spacial score (nSPS) is 16.3. The van der Waals surface area contributed by atoms with E-state index in [4.69, 9.17) is 5.21 Å². The van der Waals surface area contributed by atoms with Crippen molar-refractivity contribution in [1.29, 1.82) is 0 Å². The smallest absolute Gasteiger partial charge is 0.321 e. The van der Waals surface area contributed by atoms with E-state index in [2.05, 4.69) is 15.5 Å². The molecule has 2 aromatic carbocycles. The largest absolute Gasteiger partial charge is 0.411 e. The van der Waals surface area contributed by atoms with Crippen molar-refractivity contribution < 1.29 is 33.4 Å². The van der Waals surface area contributed by atoms with Gasteiger partial charge in [0.2, 0.25) is 15.9 Å². The zero-order valence-electron chi connectivity index (χ0n) is 30.6. The Labute approximate surface area is 307 Å². The fourth-order valence-corrected chi connectivity index (χ4v) is 7.93. The van der Waals surface area contributed by atoms with Gasteiger partial charge in [-0.1, -0.05) is 81.4 Å². The maximum Gasteiger partial charge on any atom is 0.321 e. The average molecular weight is 737 g/mol. The van der Waals surface area contributed by atoms with Crippen LogP contribution in [0.4, 0.5) is 4.79 Å². The van der Waals surface area contributed by atoms with Gasteiger partial charge in [0, 0.05) is 32.7 Å². The van der Waals surface area contributed by atoms with Crippen molar-refractivity contribution in [2.24, 2.45) is 16.5 Å². The zero-order valence-corrected chi connectivity index (χ0v) is 31.4. The topological polar surface area (TPSA) is 176 Å². The molecule has 1 aromatic heterocycles. The quantitative estimate of drug-likeness (QED) is 0.0913. The Morgan fingerprint density at radius 2 is 1.69 bits per heavy atom. The minimum atomic E-state index is -4.07. The molecule has 1 fully saturated rings. The number of aliphatic hydroxyl groups excluding tert-OH is 2. The SMILES string of the molecule is CC(CCc1ccccc1)CN(CC(O)CNC(=O)[C@H](N1CCN(Cc2cccc([C@H](C)O)n2)C1=O)C(C)(C)C)S(=O)(=O)c1ccc(/C=N/O)cc1. The molecule has 4 N–H and O–H groups in total. The van der Waals surface area contributed by atoms with Gasteiger partial charge >= 0.3 is 6.03 Å². The van der Waals surface area contributed by atoms with Crippen LogP contribution in [0.25, 0.3) is 0 Å². The maximum atomic E-state index is 13.9. The summed E-state index contributed by atoms with van der Waals surface area (Å²) in [6, 6.07) is 19.9. The van der Waals surface area contributed by atoms with Gasteiger partial charge in [-0.2, -0.15) is 4.31 Å². The van der Waals surface area contributed by atoms with Gasteiger partial charge in [0.1, 0.15) is 6.04 Å². The molecule has 1 aliphatic rings. The van der Waals surface area contributed by atoms with Gasteiger partial charge in [0.25, 0.3) is 0 Å². The molecule has 13 nitrogen and oxygen atoms in total. The van der Waals surface area contributed by atoms with Gasteiger partial charge in [-0.15, -0.1) is 0 Å². The van der Waals surface area contributed by atoms with Crippen molar-refractivity contribution in [3.63, 3.8) is 0 Å². The van der Waals surface area contributed by atoms with E-state index in [9.17, 15) is 28.2 Å². The Morgan fingerprint density at radius 3 is 2.33 bits per heavy atom. The molecule has 2 heterocycles. The van der Waals surface area contributed by atoms with Crippen molar-refractivity contribution in [1.82, 2.24) is 24.4 Å². The summed E-state index contributed by atoms with van der Waals surface area (Å²) in [5.41, 5.74) is 2.12. The number of nitrogens with zero attached hydrogens (tertiary/aromatic N) is 5. The lowest BCUT2D eigenvalue weighted by molar-refractivity contribution is -0.129. The molecule has 282 valence electrons. The lowest BCUT2D eigenvalue weighted by Gasteiger charge is -2.36. The summed E-state index contributed by atoms with van der Waals surface area (Å²) < 4.78 is 29.1. The van der Waals surface area contributed by atoms with E-state index in [0.717, 1.165) is 12.0 Å². The first kappa shape index (κ1) is 40.4. The Hall–Kier alpha value is -4.37. The van der Waals surface area contributed by atoms with Gasteiger partial charge in [-0.25, -0.2) is 13.2 Å². The van der Waals surface area contributed by atoms with Crippen molar-refractivity contribution >= 4 is 28.2 Å². The highest BCUT2D eigenvalue weighted by Gasteiger charge is 2.43. The molecule has 4 rings (SSSR count). The Balaban J connectivity index is 1.45. The van der Waals surface area contributed by atoms with E-state index in [1.807, 2.05) is 58.0 Å². The van der Waals surface area contributed by atoms with E-state index >= 15 is 0 Å². The van der Waals surface area contributed by atoms with Crippen LogP contribution in [0.2, 0.25) is 0 Å². The number of pyridine rings is 1. The predicted octanol–water partition coefficient (Wildman–Crippen LogP) is 4.03. The molecule has 3 aromatic rings. The summed E-state index contributed by atoms with van der Waals surface area (Å²) in [7, 11) is -4.07. The summed E-state index contributed by atoms with van der Waals surface area (Å²) in [5, 5.41) is 35.8. The van der Waals surface area contributed by atoms with Gasteiger partial charge in [0.05, 0.1) is 41.3 Å². The average Bonchev–Trinajstić information content (AvgIpc) is 3.44. The number of aryl methyl sites for hydroxylation is 1. The number of aromatic nitrogens is 1. The van der Waals surface area contributed by atoms with Gasteiger partial charge in [-0.3, -0.25) is 9.78 Å². The third kappa shape index (κ3) is 10.8. The minimum absolute atomic E-state index is 0.0202. The molecule has 0 radical (unpaired) electrons. The molecule has 52 heavy (non-hydrogen) atoms. The zero-order chi connectivity index (χ0) is 38.1. The molecule has 0 aliphatic carbocycles. The lowest BCUT2D eigenvalue weighted by Crippen LogP contribution is -2.56. The first-order valence-electron chi connectivity index (χ1n) is 17.6.